The van der Waals surface area contributed by atoms with Crippen LogP contribution < -0.4 is 14.9 Å². The molecule has 2 rings (SSSR count). The van der Waals surface area contributed by atoms with Gasteiger partial charge >= 0.3 is 7.12 Å². The maximum absolute atomic E-state index is 9.39. The van der Waals surface area contributed by atoms with Gasteiger partial charge in [0.1, 0.15) is 0 Å². The van der Waals surface area contributed by atoms with Crippen LogP contribution in [0.25, 0.3) is 11.1 Å². The minimum Gasteiger partial charge on any atom is -0.493 e. The second-order valence-electron chi connectivity index (χ2n) is 4.03. The molecular formula is C14H15BO4. The molecule has 0 radical (unpaired) electrons. The van der Waals surface area contributed by atoms with Crippen LogP contribution in [0.4, 0.5) is 0 Å². The number of hydrogen-bond acceptors (Lipinski definition) is 4. The molecule has 0 aliphatic rings. The fourth-order valence-electron chi connectivity index (χ4n) is 1.99. The first-order valence-electron chi connectivity index (χ1n) is 5.85. The van der Waals surface area contributed by atoms with Crippen molar-refractivity contribution < 1.29 is 19.5 Å². The van der Waals surface area contributed by atoms with E-state index in [-0.39, 0.29) is 0 Å². The van der Waals surface area contributed by atoms with E-state index in [1.54, 1.807) is 38.5 Å². The summed E-state index contributed by atoms with van der Waals surface area (Å²) in [5.41, 5.74) is 2.04. The van der Waals surface area contributed by atoms with E-state index in [9.17, 15) is 10.0 Å². The van der Waals surface area contributed by atoms with Crippen LogP contribution >= 0.6 is 0 Å². The maximum atomic E-state index is 9.39. The Morgan fingerprint density at radius 2 is 1.58 bits per heavy atom. The molecule has 0 saturated heterocycles. The zero-order valence-electron chi connectivity index (χ0n) is 10.8. The van der Waals surface area contributed by atoms with Crippen molar-refractivity contribution in [3.8, 4) is 22.6 Å². The number of benzene rings is 2. The molecule has 0 heterocycles. The molecule has 0 unspecified atom stereocenters. The van der Waals surface area contributed by atoms with Crippen molar-refractivity contribution >= 4 is 12.6 Å². The Kier molecular flexibility index (Phi) is 4.09. The predicted molar refractivity (Wildman–Crippen MR) is 74.8 cm³/mol. The average molecular weight is 258 g/mol. The van der Waals surface area contributed by atoms with Gasteiger partial charge in [-0.3, -0.25) is 0 Å². The molecule has 0 amide bonds. The van der Waals surface area contributed by atoms with Crippen molar-refractivity contribution in [2.24, 2.45) is 0 Å². The topological polar surface area (TPSA) is 58.9 Å². The summed E-state index contributed by atoms with van der Waals surface area (Å²) in [6.45, 7) is 0. The van der Waals surface area contributed by atoms with Gasteiger partial charge in [0.25, 0.3) is 0 Å². The second-order valence-corrected chi connectivity index (χ2v) is 4.03. The Morgan fingerprint density at radius 3 is 2.21 bits per heavy atom. The zero-order chi connectivity index (χ0) is 13.8. The van der Waals surface area contributed by atoms with E-state index in [0.29, 0.717) is 17.0 Å². The van der Waals surface area contributed by atoms with Gasteiger partial charge in [0, 0.05) is 0 Å². The summed E-state index contributed by atoms with van der Waals surface area (Å²) in [5.74, 6) is 1.23. The van der Waals surface area contributed by atoms with Crippen LogP contribution in [0.15, 0.2) is 42.5 Å². The maximum Gasteiger partial charge on any atom is 0.489 e. The SMILES string of the molecule is COc1ccc(-c2ccccc2B(O)O)cc1OC. The van der Waals surface area contributed by atoms with Crippen LogP contribution in [-0.2, 0) is 0 Å². The quantitative estimate of drug-likeness (QED) is 0.805. The second kappa shape index (κ2) is 5.78. The molecule has 98 valence electrons. The Bertz CT molecular complexity index is 569. The first-order chi connectivity index (χ1) is 9.17. The summed E-state index contributed by atoms with van der Waals surface area (Å²) in [7, 11) is 1.63. The van der Waals surface area contributed by atoms with E-state index in [4.69, 9.17) is 9.47 Å². The minimum atomic E-state index is -1.51. The van der Waals surface area contributed by atoms with Crippen LogP contribution in [0.3, 0.4) is 0 Å². The highest BCUT2D eigenvalue weighted by Gasteiger charge is 2.17. The minimum absolute atomic E-state index is 0.453. The molecule has 2 N–H and O–H groups in total. The van der Waals surface area contributed by atoms with Crippen molar-refractivity contribution in [1.29, 1.82) is 0 Å². The van der Waals surface area contributed by atoms with E-state index in [2.05, 4.69) is 0 Å². The van der Waals surface area contributed by atoms with Gasteiger partial charge in [-0.15, -0.1) is 0 Å². The van der Waals surface area contributed by atoms with Gasteiger partial charge < -0.3 is 19.5 Å². The van der Waals surface area contributed by atoms with Crippen molar-refractivity contribution in [3.05, 3.63) is 42.5 Å². The lowest BCUT2D eigenvalue weighted by atomic mass is 9.75. The Labute approximate surface area is 112 Å². The number of rotatable bonds is 4. The number of hydrogen-bond donors (Lipinski definition) is 2. The Morgan fingerprint density at radius 1 is 0.895 bits per heavy atom. The standard InChI is InChI=1S/C14H15BO4/c1-18-13-8-7-10(9-14(13)19-2)11-5-3-4-6-12(11)15(16)17/h3-9,16-17H,1-2H3. The molecule has 0 fully saturated rings. The van der Waals surface area contributed by atoms with Crippen LogP contribution in [0, 0.1) is 0 Å². The van der Waals surface area contributed by atoms with E-state index >= 15 is 0 Å². The van der Waals surface area contributed by atoms with Crippen LogP contribution in [0.5, 0.6) is 11.5 Å². The summed E-state index contributed by atoms with van der Waals surface area (Å²) in [6.07, 6.45) is 0. The molecule has 0 atom stereocenters. The number of ether oxygens (including phenoxy) is 2. The molecule has 2 aromatic rings. The van der Waals surface area contributed by atoms with Crippen LogP contribution in [0.2, 0.25) is 0 Å². The molecular weight excluding hydrogens is 243 g/mol. The normalized spacial score (nSPS) is 10.1. The van der Waals surface area contributed by atoms with Gasteiger partial charge in [-0.05, 0) is 28.7 Å². The van der Waals surface area contributed by atoms with Crippen molar-refractivity contribution in [1.82, 2.24) is 0 Å². The number of methoxy groups -OCH3 is 2. The lowest BCUT2D eigenvalue weighted by molar-refractivity contribution is 0.355. The van der Waals surface area contributed by atoms with Gasteiger partial charge in [-0.2, -0.15) is 0 Å². The average Bonchev–Trinajstić information content (AvgIpc) is 2.46. The third-order valence-corrected chi connectivity index (χ3v) is 2.93. The van der Waals surface area contributed by atoms with Crippen molar-refractivity contribution in [3.63, 3.8) is 0 Å². The summed E-state index contributed by atoms with van der Waals surface area (Å²) in [6, 6.07) is 12.6. The summed E-state index contributed by atoms with van der Waals surface area (Å²) in [5, 5.41) is 18.8. The third kappa shape index (κ3) is 2.72. The molecule has 0 aromatic heterocycles. The highest BCUT2D eigenvalue weighted by Crippen LogP contribution is 2.31. The fourth-order valence-corrected chi connectivity index (χ4v) is 1.99. The first kappa shape index (κ1) is 13.5. The molecule has 4 nitrogen and oxygen atoms in total. The van der Waals surface area contributed by atoms with E-state index in [0.717, 1.165) is 11.1 Å². The van der Waals surface area contributed by atoms with Crippen LogP contribution in [0.1, 0.15) is 0 Å². The largest absolute Gasteiger partial charge is 0.493 e. The Balaban J connectivity index is 2.53. The third-order valence-electron chi connectivity index (χ3n) is 2.93. The zero-order valence-corrected chi connectivity index (χ0v) is 10.8. The smallest absolute Gasteiger partial charge is 0.489 e. The molecule has 0 saturated carbocycles. The lowest BCUT2D eigenvalue weighted by Gasteiger charge is -2.12. The highest BCUT2D eigenvalue weighted by molar-refractivity contribution is 6.60. The molecule has 19 heavy (non-hydrogen) atoms. The summed E-state index contributed by atoms with van der Waals surface area (Å²) >= 11 is 0. The molecule has 0 aliphatic carbocycles. The molecule has 0 spiro atoms. The Hall–Kier alpha value is -1.98. The van der Waals surface area contributed by atoms with Gasteiger partial charge in [-0.25, -0.2) is 0 Å². The van der Waals surface area contributed by atoms with Gasteiger partial charge in [-0.1, -0.05) is 30.3 Å². The van der Waals surface area contributed by atoms with E-state index in [1.165, 1.54) is 0 Å². The van der Waals surface area contributed by atoms with Crippen molar-refractivity contribution in [2.75, 3.05) is 14.2 Å². The van der Waals surface area contributed by atoms with Crippen molar-refractivity contribution in [2.45, 2.75) is 0 Å². The molecule has 5 heteroatoms. The van der Waals surface area contributed by atoms with E-state index < -0.39 is 7.12 Å². The van der Waals surface area contributed by atoms with Gasteiger partial charge in [0.05, 0.1) is 14.2 Å². The predicted octanol–water partition coefficient (Wildman–Crippen LogP) is 1.05. The van der Waals surface area contributed by atoms with Gasteiger partial charge in [0.15, 0.2) is 11.5 Å². The molecule has 2 aromatic carbocycles. The highest BCUT2D eigenvalue weighted by atomic mass is 16.5. The summed E-state index contributed by atoms with van der Waals surface area (Å²) < 4.78 is 10.4. The lowest BCUT2D eigenvalue weighted by Crippen LogP contribution is -2.31. The van der Waals surface area contributed by atoms with Crippen LogP contribution in [-0.4, -0.2) is 31.4 Å². The molecule has 0 aliphatic heterocycles. The van der Waals surface area contributed by atoms with E-state index in [1.807, 2.05) is 18.2 Å². The first-order valence-corrected chi connectivity index (χ1v) is 5.85. The monoisotopic (exact) mass is 258 g/mol. The molecule has 0 bridgehead atoms. The summed E-state index contributed by atoms with van der Waals surface area (Å²) in [4.78, 5) is 0. The van der Waals surface area contributed by atoms with Gasteiger partial charge in [0.2, 0.25) is 0 Å². The fraction of sp³-hybridized carbons (Fsp3) is 0.143.